The second-order valence-electron chi connectivity index (χ2n) is 3.64. The van der Waals surface area contributed by atoms with E-state index in [0.717, 1.165) is 23.6 Å². The molecule has 4 N–H and O–H groups in total. The maximum atomic E-state index is 5.89. The molecular weight excluding hydrogens is 186 g/mol. The fourth-order valence-corrected chi connectivity index (χ4v) is 1.51. The van der Waals surface area contributed by atoms with Gasteiger partial charge < -0.3 is 16.0 Å². The van der Waals surface area contributed by atoms with Crippen molar-refractivity contribution in [2.24, 2.45) is 0 Å². The number of anilines is 2. The molecule has 0 aliphatic carbocycles. The van der Waals surface area contributed by atoms with Crippen LogP contribution in [0.3, 0.4) is 0 Å². The van der Waals surface area contributed by atoms with Crippen LogP contribution in [0.4, 0.5) is 11.4 Å². The third kappa shape index (κ3) is 2.31. The summed E-state index contributed by atoms with van der Waals surface area (Å²) in [6, 6.07) is 10.0. The summed E-state index contributed by atoms with van der Waals surface area (Å²) in [4.78, 5) is 3.13. The minimum atomic E-state index is 0.764. The highest BCUT2D eigenvalue weighted by atomic mass is 14.9. The molecule has 0 spiro atoms. The molecule has 15 heavy (non-hydrogen) atoms. The number of H-pyrrole nitrogens is 1. The fourth-order valence-electron chi connectivity index (χ4n) is 1.51. The molecule has 1 aromatic heterocycles. The van der Waals surface area contributed by atoms with Crippen molar-refractivity contribution in [3.8, 4) is 0 Å². The van der Waals surface area contributed by atoms with Crippen LogP contribution in [0.5, 0.6) is 0 Å². The van der Waals surface area contributed by atoms with Gasteiger partial charge in [0.2, 0.25) is 0 Å². The number of benzene rings is 1. The van der Waals surface area contributed by atoms with E-state index in [1.807, 2.05) is 43.5 Å². The van der Waals surface area contributed by atoms with Crippen LogP contribution in [-0.2, 0) is 6.54 Å². The van der Waals surface area contributed by atoms with Crippen molar-refractivity contribution >= 4 is 11.4 Å². The van der Waals surface area contributed by atoms with E-state index in [0.29, 0.717) is 0 Å². The second kappa shape index (κ2) is 4.09. The molecule has 0 atom stereocenters. The number of aryl methyl sites for hydroxylation is 1. The van der Waals surface area contributed by atoms with E-state index in [2.05, 4.69) is 10.3 Å². The van der Waals surface area contributed by atoms with Gasteiger partial charge in [-0.25, -0.2) is 0 Å². The molecule has 0 aliphatic heterocycles. The molecule has 2 rings (SSSR count). The number of hydrogen-bond acceptors (Lipinski definition) is 2. The van der Waals surface area contributed by atoms with E-state index >= 15 is 0 Å². The molecule has 0 fully saturated rings. The molecule has 0 radical (unpaired) electrons. The third-order valence-corrected chi connectivity index (χ3v) is 2.34. The normalized spacial score (nSPS) is 10.2. The van der Waals surface area contributed by atoms with Crippen LogP contribution < -0.4 is 11.1 Å². The monoisotopic (exact) mass is 201 g/mol. The van der Waals surface area contributed by atoms with Crippen LogP contribution in [0.15, 0.2) is 36.5 Å². The first-order valence-electron chi connectivity index (χ1n) is 4.98. The van der Waals surface area contributed by atoms with Crippen LogP contribution >= 0.6 is 0 Å². The standard InChI is InChI=1S/C12H15N3/c1-9-4-5-12(11(13)7-9)15-8-10-3-2-6-14-10/h2-7,14-15H,8,13H2,1H3. The van der Waals surface area contributed by atoms with Crippen molar-refractivity contribution in [1.82, 2.24) is 4.98 Å². The number of nitrogens with two attached hydrogens (primary N) is 1. The summed E-state index contributed by atoms with van der Waals surface area (Å²) in [5.74, 6) is 0. The molecule has 0 amide bonds. The average molecular weight is 201 g/mol. The Morgan fingerprint density at radius 1 is 1.33 bits per heavy atom. The van der Waals surface area contributed by atoms with Crippen LogP contribution in [-0.4, -0.2) is 4.98 Å². The SMILES string of the molecule is Cc1ccc(NCc2ccc[nH]2)c(N)c1. The Kier molecular flexibility index (Phi) is 2.63. The summed E-state index contributed by atoms with van der Waals surface area (Å²) < 4.78 is 0. The Morgan fingerprint density at radius 2 is 2.20 bits per heavy atom. The van der Waals surface area contributed by atoms with Gasteiger partial charge in [0.15, 0.2) is 0 Å². The topological polar surface area (TPSA) is 53.8 Å². The Balaban J connectivity index is 2.05. The zero-order chi connectivity index (χ0) is 10.7. The number of nitrogen functional groups attached to an aromatic ring is 1. The first-order valence-corrected chi connectivity index (χ1v) is 4.98. The van der Waals surface area contributed by atoms with Gasteiger partial charge in [0, 0.05) is 11.9 Å². The van der Waals surface area contributed by atoms with Crippen molar-refractivity contribution in [3.05, 3.63) is 47.8 Å². The lowest BCUT2D eigenvalue weighted by atomic mass is 10.2. The molecule has 1 aromatic carbocycles. The minimum absolute atomic E-state index is 0.764. The highest BCUT2D eigenvalue weighted by Gasteiger charge is 1.98. The number of rotatable bonds is 3. The van der Waals surface area contributed by atoms with Crippen molar-refractivity contribution in [1.29, 1.82) is 0 Å². The second-order valence-corrected chi connectivity index (χ2v) is 3.64. The van der Waals surface area contributed by atoms with Gasteiger partial charge in [-0.1, -0.05) is 6.07 Å². The van der Waals surface area contributed by atoms with Crippen molar-refractivity contribution in [3.63, 3.8) is 0 Å². The molecule has 0 bridgehead atoms. The van der Waals surface area contributed by atoms with Crippen LogP contribution in [0.2, 0.25) is 0 Å². The molecule has 0 unspecified atom stereocenters. The number of aromatic amines is 1. The Bertz CT molecular complexity index is 432. The summed E-state index contributed by atoms with van der Waals surface area (Å²) in [5.41, 5.74) is 9.99. The van der Waals surface area contributed by atoms with Crippen LogP contribution in [0.25, 0.3) is 0 Å². The highest BCUT2D eigenvalue weighted by molar-refractivity contribution is 5.66. The van der Waals surface area contributed by atoms with Crippen LogP contribution in [0.1, 0.15) is 11.3 Å². The lowest BCUT2D eigenvalue weighted by Crippen LogP contribution is -2.02. The van der Waals surface area contributed by atoms with E-state index in [1.54, 1.807) is 0 Å². The van der Waals surface area contributed by atoms with E-state index < -0.39 is 0 Å². The Morgan fingerprint density at radius 3 is 2.87 bits per heavy atom. The highest BCUT2D eigenvalue weighted by Crippen LogP contribution is 2.19. The van der Waals surface area contributed by atoms with E-state index in [1.165, 1.54) is 5.56 Å². The molecule has 78 valence electrons. The lowest BCUT2D eigenvalue weighted by molar-refractivity contribution is 1.07. The number of nitrogens with one attached hydrogen (secondary N) is 2. The molecule has 2 aromatic rings. The quantitative estimate of drug-likeness (QED) is 0.668. The molecule has 0 saturated carbocycles. The van der Waals surface area contributed by atoms with Gasteiger partial charge >= 0.3 is 0 Å². The molecule has 3 nitrogen and oxygen atoms in total. The molecular formula is C12H15N3. The zero-order valence-corrected chi connectivity index (χ0v) is 8.75. The van der Waals surface area contributed by atoms with E-state index in [4.69, 9.17) is 5.73 Å². The van der Waals surface area contributed by atoms with E-state index in [9.17, 15) is 0 Å². The predicted octanol–water partition coefficient (Wildman–Crippen LogP) is 2.52. The predicted molar refractivity (Wildman–Crippen MR) is 63.7 cm³/mol. The zero-order valence-electron chi connectivity index (χ0n) is 8.75. The first-order chi connectivity index (χ1) is 7.25. The van der Waals surface area contributed by atoms with Crippen molar-refractivity contribution in [2.45, 2.75) is 13.5 Å². The van der Waals surface area contributed by atoms with Gasteiger partial charge in [0.1, 0.15) is 0 Å². The van der Waals surface area contributed by atoms with Gasteiger partial charge in [0.25, 0.3) is 0 Å². The average Bonchev–Trinajstić information content (AvgIpc) is 2.69. The summed E-state index contributed by atoms with van der Waals surface area (Å²) in [6.45, 7) is 2.80. The Labute approximate surface area is 89.3 Å². The first kappa shape index (κ1) is 9.65. The van der Waals surface area contributed by atoms with Gasteiger partial charge in [-0.2, -0.15) is 0 Å². The van der Waals surface area contributed by atoms with E-state index in [-0.39, 0.29) is 0 Å². The van der Waals surface area contributed by atoms with Gasteiger partial charge in [0.05, 0.1) is 17.9 Å². The maximum Gasteiger partial charge on any atom is 0.0577 e. The van der Waals surface area contributed by atoms with Gasteiger partial charge in [-0.15, -0.1) is 0 Å². The number of hydrogen-bond donors (Lipinski definition) is 3. The number of aromatic nitrogens is 1. The summed E-state index contributed by atoms with van der Waals surface area (Å²) in [7, 11) is 0. The summed E-state index contributed by atoms with van der Waals surface area (Å²) >= 11 is 0. The van der Waals surface area contributed by atoms with Gasteiger partial charge in [-0.05, 0) is 36.8 Å². The molecule has 1 heterocycles. The third-order valence-electron chi connectivity index (χ3n) is 2.34. The van der Waals surface area contributed by atoms with Crippen molar-refractivity contribution < 1.29 is 0 Å². The van der Waals surface area contributed by atoms with Crippen LogP contribution in [0, 0.1) is 6.92 Å². The maximum absolute atomic E-state index is 5.89. The fraction of sp³-hybridized carbons (Fsp3) is 0.167. The lowest BCUT2D eigenvalue weighted by Gasteiger charge is -2.08. The summed E-state index contributed by atoms with van der Waals surface area (Å²) in [6.07, 6.45) is 1.91. The summed E-state index contributed by atoms with van der Waals surface area (Å²) in [5, 5.41) is 3.29. The molecule has 3 heteroatoms. The Hall–Kier alpha value is -1.90. The minimum Gasteiger partial charge on any atom is -0.397 e. The van der Waals surface area contributed by atoms with Gasteiger partial charge in [-0.3, -0.25) is 0 Å². The smallest absolute Gasteiger partial charge is 0.0577 e. The molecule has 0 aliphatic rings. The van der Waals surface area contributed by atoms with Crippen molar-refractivity contribution in [2.75, 3.05) is 11.1 Å². The largest absolute Gasteiger partial charge is 0.397 e. The molecule has 0 saturated heterocycles.